The lowest BCUT2D eigenvalue weighted by molar-refractivity contribution is 0.361. The number of hydrogen-bond donors (Lipinski definition) is 2. The van der Waals surface area contributed by atoms with Gasteiger partial charge in [-0.05, 0) is 25.8 Å². The Hall–Kier alpha value is -0.640. The van der Waals surface area contributed by atoms with Gasteiger partial charge in [0, 0.05) is 24.7 Å². The molecule has 3 nitrogen and oxygen atoms in total. The van der Waals surface area contributed by atoms with Gasteiger partial charge >= 0.3 is 0 Å². The van der Waals surface area contributed by atoms with E-state index >= 15 is 0 Å². The fraction of sp³-hybridized carbons (Fsp3) is 0.500. The van der Waals surface area contributed by atoms with Crippen LogP contribution in [0.25, 0.3) is 0 Å². The van der Waals surface area contributed by atoms with Crippen LogP contribution in [0.1, 0.15) is 19.8 Å². The van der Waals surface area contributed by atoms with Crippen molar-refractivity contribution < 1.29 is 5.11 Å². The van der Waals surface area contributed by atoms with Gasteiger partial charge in [0.25, 0.3) is 0 Å². The summed E-state index contributed by atoms with van der Waals surface area (Å²) in [5, 5.41) is 10.7. The summed E-state index contributed by atoms with van der Waals surface area (Å²) in [5.41, 5.74) is 6.70. The Labute approximate surface area is 111 Å². The maximum Gasteiger partial charge on any atom is 0.140 e. The van der Waals surface area contributed by atoms with Crippen LogP contribution < -0.4 is 10.6 Å². The highest BCUT2D eigenvalue weighted by Gasteiger charge is 2.27. The third kappa shape index (κ3) is 2.79. The first-order chi connectivity index (χ1) is 7.89. The van der Waals surface area contributed by atoms with E-state index in [2.05, 4.69) is 11.8 Å². The lowest BCUT2D eigenvalue weighted by Gasteiger charge is -2.38. The lowest BCUT2D eigenvalue weighted by Crippen LogP contribution is -2.48. The Kier molecular flexibility index (Phi) is 3.43. The average Bonchev–Trinajstić information content (AvgIpc) is 2.24. The number of hydrogen-bond acceptors (Lipinski definition) is 3. The van der Waals surface area contributed by atoms with Crippen LogP contribution in [0.15, 0.2) is 12.1 Å². The molecule has 1 aromatic carbocycles. The zero-order chi connectivity index (χ0) is 12.6. The molecule has 1 aliphatic rings. The summed E-state index contributed by atoms with van der Waals surface area (Å²) < 4.78 is 0. The van der Waals surface area contributed by atoms with E-state index in [-0.39, 0.29) is 11.3 Å². The van der Waals surface area contributed by atoms with E-state index in [0.717, 1.165) is 31.6 Å². The number of anilines is 1. The van der Waals surface area contributed by atoms with Crippen molar-refractivity contribution in [2.75, 3.05) is 18.0 Å². The Morgan fingerprint density at radius 3 is 2.35 bits per heavy atom. The van der Waals surface area contributed by atoms with Crippen molar-refractivity contribution in [3.05, 3.63) is 22.2 Å². The Balaban J connectivity index is 2.21. The van der Waals surface area contributed by atoms with Gasteiger partial charge in [-0.1, -0.05) is 23.2 Å². The molecule has 1 aromatic rings. The van der Waals surface area contributed by atoms with E-state index in [1.165, 1.54) is 6.07 Å². The van der Waals surface area contributed by atoms with Crippen molar-refractivity contribution >= 4 is 28.9 Å². The molecular formula is C12H16Cl2N2O. The Bertz CT molecular complexity index is 425. The molecule has 0 amide bonds. The van der Waals surface area contributed by atoms with Crippen LogP contribution in [0.4, 0.5) is 5.69 Å². The summed E-state index contributed by atoms with van der Waals surface area (Å²) >= 11 is 11.8. The molecule has 1 saturated heterocycles. The minimum Gasteiger partial charge on any atom is -0.506 e. The van der Waals surface area contributed by atoms with E-state index in [9.17, 15) is 5.11 Å². The maximum atomic E-state index is 9.88. The molecule has 2 rings (SSSR count). The molecule has 5 heteroatoms. The Morgan fingerprint density at radius 2 is 1.76 bits per heavy atom. The normalized spacial score (nSPS) is 19.4. The zero-order valence-electron chi connectivity index (χ0n) is 9.71. The summed E-state index contributed by atoms with van der Waals surface area (Å²) in [4.78, 5) is 2.09. The topological polar surface area (TPSA) is 49.5 Å². The van der Waals surface area contributed by atoms with Gasteiger partial charge in [0.1, 0.15) is 5.75 Å². The molecule has 0 atom stereocenters. The lowest BCUT2D eigenvalue weighted by atomic mass is 9.91. The predicted octanol–water partition coefficient (Wildman–Crippen LogP) is 3.02. The molecule has 17 heavy (non-hydrogen) atoms. The molecule has 0 saturated carbocycles. The number of piperidine rings is 1. The van der Waals surface area contributed by atoms with E-state index in [1.807, 2.05) is 0 Å². The van der Waals surface area contributed by atoms with Gasteiger partial charge in [-0.3, -0.25) is 0 Å². The molecule has 0 spiro atoms. The number of rotatable bonds is 1. The van der Waals surface area contributed by atoms with Crippen molar-refractivity contribution in [2.24, 2.45) is 5.73 Å². The van der Waals surface area contributed by atoms with Crippen LogP contribution in [0.5, 0.6) is 5.75 Å². The Morgan fingerprint density at radius 1 is 1.24 bits per heavy atom. The first kappa shape index (κ1) is 12.8. The summed E-state index contributed by atoms with van der Waals surface area (Å²) in [6, 6.07) is 3.19. The average molecular weight is 275 g/mol. The number of phenolic OH excluding ortho intramolecular Hbond substituents is 1. The highest BCUT2D eigenvalue weighted by Crippen LogP contribution is 2.37. The van der Waals surface area contributed by atoms with Gasteiger partial charge in [-0.25, -0.2) is 0 Å². The van der Waals surface area contributed by atoms with Gasteiger partial charge < -0.3 is 15.7 Å². The minimum atomic E-state index is -0.109. The number of nitrogens with zero attached hydrogens (tertiary/aromatic N) is 1. The van der Waals surface area contributed by atoms with Crippen molar-refractivity contribution in [3.63, 3.8) is 0 Å². The van der Waals surface area contributed by atoms with Crippen LogP contribution >= 0.6 is 23.2 Å². The highest BCUT2D eigenvalue weighted by molar-refractivity contribution is 6.42. The van der Waals surface area contributed by atoms with Gasteiger partial charge in [-0.2, -0.15) is 0 Å². The predicted molar refractivity (Wildman–Crippen MR) is 72.2 cm³/mol. The highest BCUT2D eigenvalue weighted by atomic mass is 35.5. The van der Waals surface area contributed by atoms with E-state index in [0.29, 0.717) is 10.0 Å². The maximum absolute atomic E-state index is 9.88. The number of aromatic hydroxyl groups is 1. The van der Waals surface area contributed by atoms with Crippen LogP contribution in [0.3, 0.4) is 0 Å². The monoisotopic (exact) mass is 274 g/mol. The fourth-order valence-electron chi connectivity index (χ4n) is 2.04. The smallest absolute Gasteiger partial charge is 0.140 e. The van der Waals surface area contributed by atoms with Gasteiger partial charge in [-0.15, -0.1) is 0 Å². The summed E-state index contributed by atoms with van der Waals surface area (Å²) in [7, 11) is 0. The van der Waals surface area contributed by atoms with Crippen LogP contribution in [-0.2, 0) is 0 Å². The number of benzene rings is 1. The molecule has 3 N–H and O–H groups in total. The first-order valence-corrected chi connectivity index (χ1v) is 6.36. The molecule has 1 heterocycles. The standard InChI is InChI=1S/C12H16Cl2N2O/c1-12(15)2-4-16(5-3-12)10-6-8(13)9(14)7-11(10)17/h6-7,17H,2-5,15H2,1H3. The van der Waals surface area contributed by atoms with Crippen molar-refractivity contribution in [1.29, 1.82) is 0 Å². The van der Waals surface area contributed by atoms with Gasteiger partial charge in [0.05, 0.1) is 15.7 Å². The summed E-state index contributed by atoms with van der Waals surface area (Å²) in [6.07, 6.45) is 1.79. The SMILES string of the molecule is CC1(N)CCN(c2cc(Cl)c(Cl)cc2O)CC1. The summed E-state index contributed by atoms with van der Waals surface area (Å²) in [6.45, 7) is 3.69. The second kappa shape index (κ2) is 4.56. The summed E-state index contributed by atoms with van der Waals surface area (Å²) in [5.74, 6) is 0.167. The molecule has 1 fully saturated rings. The second-order valence-corrected chi connectivity index (χ2v) is 5.71. The van der Waals surface area contributed by atoms with Crippen LogP contribution in [0.2, 0.25) is 10.0 Å². The first-order valence-electron chi connectivity index (χ1n) is 5.61. The van der Waals surface area contributed by atoms with Crippen molar-refractivity contribution in [1.82, 2.24) is 0 Å². The van der Waals surface area contributed by atoms with Crippen molar-refractivity contribution in [2.45, 2.75) is 25.3 Å². The molecule has 0 unspecified atom stereocenters. The molecule has 0 aliphatic carbocycles. The molecule has 94 valence electrons. The zero-order valence-corrected chi connectivity index (χ0v) is 11.2. The third-order valence-electron chi connectivity index (χ3n) is 3.26. The van der Waals surface area contributed by atoms with E-state index in [4.69, 9.17) is 28.9 Å². The molecular weight excluding hydrogens is 259 g/mol. The minimum absolute atomic E-state index is 0.109. The largest absolute Gasteiger partial charge is 0.506 e. The fourth-order valence-corrected chi connectivity index (χ4v) is 2.35. The van der Waals surface area contributed by atoms with E-state index in [1.54, 1.807) is 6.07 Å². The van der Waals surface area contributed by atoms with E-state index < -0.39 is 0 Å². The molecule has 0 bridgehead atoms. The molecule has 0 aromatic heterocycles. The number of phenols is 1. The van der Waals surface area contributed by atoms with Crippen molar-refractivity contribution in [3.8, 4) is 5.75 Å². The van der Waals surface area contributed by atoms with Gasteiger partial charge in [0.2, 0.25) is 0 Å². The third-order valence-corrected chi connectivity index (χ3v) is 3.99. The van der Waals surface area contributed by atoms with Crippen LogP contribution in [-0.4, -0.2) is 23.7 Å². The van der Waals surface area contributed by atoms with Gasteiger partial charge in [0.15, 0.2) is 0 Å². The quantitative estimate of drug-likeness (QED) is 0.828. The second-order valence-electron chi connectivity index (χ2n) is 4.90. The molecule has 1 aliphatic heterocycles. The number of halogens is 2. The van der Waals surface area contributed by atoms with Crippen LogP contribution in [0, 0.1) is 0 Å². The molecule has 0 radical (unpaired) electrons. The number of nitrogens with two attached hydrogens (primary N) is 1.